The van der Waals surface area contributed by atoms with Crippen LogP contribution in [0.4, 0.5) is 11.4 Å². The predicted molar refractivity (Wildman–Crippen MR) is 66.9 cm³/mol. The zero-order valence-electron chi connectivity index (χ0n) is 9.81. The molecule has 17 heavy (non-hydrogen) atoms. The number of rotatable bonds is 6. The highest BCUT2D eigenvalue weighted by Gasteiger charge is 2.03. The minimum absolute atomic E-state index is 0.0439. The monoisotopic (exact) mass is 238 g/mol. The lowest BCUT2D eigenvalue weighted by molar-refractivity contribution is -0.115. The van der Waals surface area contributed by atoms with Crippen LogP contribution < -0.4 is 10.6 Å². The Kier molecular flexibility index (Phi) is 5.45. The van der Waals surface area contributed by atoms with Gasteiger partial charge in [-0.15, -0.1) is 0 Å². The molecule has 0 aliphatic carbocycles. The quantitative estimate of drug-likeness (QED) is 0.591. The molecule has 1 aromatic carbocycles. The van der Waals surface area contributed by atoms with Crippen molar-refractivity contribution in [1.82, 2.24) is 0 Å². The summed E-state index contributed by atoms with van der Waals surface area (Å²) in [7, 11) is 0. The van der Waals surface area contributed by atoms with Gasteiger partial charge in [0.15, 0.2) is 0 Å². The Balaban J connectivity index is 2.56. The van der Waals surface area contributed by atoms with E-state index in [0.717, 1.165) is 5.69 Å². The summed E-state index contributed by atoms with van der Waals surface area (Å²) in [6.07, 6.45) is -0.357. The van der Waals surface area contributed by atoms with E-state index in [4.69, 9.17) is 5.11 Å². The molecule has 0 heterocycles. The number of carbonyl (C=O) groups excluding carboxylic acids is 1. The summed E-state index contributed by atoms with van der Waals surface area (Å²) in [6, 6.07) is 7.20. The van der Waals surface area contributed by atoms with Crippen molar-refractivity contribution in [3.05, 3.63) is 24.3 Å². The maximum Gasteiger partial charge on any atom is 0.224 e. The number of anilines is 2. The molecule has 0 bridgehead atoms. The first-order valence-corrected chi connectivity index (χ1v) is 5.58. The van der Waals surface area contributed by atoms with Gasteiger partial charge in [-0.1, -0.05) is 13.0 Å². The second-order valence-corrected chi connectivity index (χ2v) is 3.70. The topological polar surface area (TPSA) is 81.6 Å². The third-order valence-corrected chi connectivity index (χ3v) is 2.22. The SMILES string of the molecule is CCC(=O)Nc1cccc(NCC(O)CO)c1. The molecule has 0 spiro atoms. The molecule has 5 heteroatoms. The second-order valence-electron chi connectivity index (χ2n) is 3.70. The zero-order valence-corrected chi connectivity index (χ0v) is 9.81. The Labute approximate surface area is 100 Å². The van der Waals surface area contributed by atoms with Crippen molar-refractivity contribution in [2.75, 3.05) is 23.8 Å². The normalized spacial score (nSPS) is 11.9. The van der Waals surface area contributed by atoms with Gasteiger partial charge in [0.05, 0.1) is 12.7 Å². The van der Waals surface area contributed by atoms with Crippen LogP contribution in [0.1, 0.15) is 13.3 Å². The second kappa shape index (κ2) is 6.88. The summed E-state index contributed by atoms with van der Waals surface area (Å²) in [5, 5.41) is 23.6. The van der Waals surface area contributed by atoms with Crippen LogP contribution in [0.15, 0.2) is 24.3 Å². The van der Waals surface area contributed by atoms with Gasteiger partial charge in [-0.25, -0.2) is 0 Å². The molecule has 0 aromatic heterocycles. The fourth-order valence-electron chi connectivity index (χ4n) is 1.26. The number of carbonyl (C=O) groups is 1. The smallest absolute Gasteiger partial charge is 0.224 e. The molecule has 0 aliphatic rings. The van der Waals surface area contributed by atoms with E-state index in [1.165, 1.54) is 0 Å². The van der Waals surface area contributed by atoms with Gasteiger partial charge < -0.3 is 20.8 Å². The number of nitrogens with one attached hydrogen (secondary N) is 2. The number of hydrogen-bond acceptors (Lipinski definition) is 4. The lowest BCUT2D eigenvalue weighted by Crippen LogP contribution is -2.22. The third-order valence-electron chi connectivity index (χ3n) is 2.22. The highest BCUT2D eigenvalue weighted by molar-refractivity contribution is 5.90. The minimum atomic E-state index is -0.788. The molecule has 1 aromatic rings. The van der Waals surface area contributed by atoms with Crippen LogP contribution in [-0.2, 0) is 4.79 Å². The van der Waals surface area contributed by atoms with Crippen LogP contribution in [0.25, 0.3) is 0 Å². The standard InChI is InChI=1S/C12H18N2O3/c1-2-12(17)14-10-5-3-4-9(6-10)13-7-11(16)8-15/h3-6,11,13,15-16H,2,7-8H2,1H3,(H,14,17). The Hall–Kier alpha value is -1.59. The van der Waals surface area contributed by atoms with Gasteiger partial charge in [0.1, 0.15) is 0 Å². The van der Waals surface area contributed by atoms with E-state index in [2.05, 4.69) is 10.6 Å². The van der Waals surface area contributed by atoms with Gasteiger partial charge in [0.2, 0.25) is 5.91 Å². The summed E-state index contributed by atoms with van der Waals surface area (Å²) in [5.74, 6) is -0.0439. The Morgan fingerprint density at radius 2 is 2.12 bits per heavy atom. The Morgan fingerprint density at radius 1 is 1.41 bits per heavy atom. The first-order chi connectivity index (χ1) is 8.15. The van der Waals surface area contributed by atoms with Gasteiger partial charge in [-0.05, 0) is 18.2 Å². The van der Waals surface area contributed by atoms with Crippen LogP contribution in [0.2, 0.25) is 0 Å². The van der Waals surface area contributed by atoms with Gasteiger partial charge in [-0.3, -0.25) is 4.79 Å². The van der Waals surface area contributed by atoms with E-state index < -0.39 is 6.10 Å². The van der Waals surface area contributed by atoms with E-state index in [9.17, 15) is 9.90 Å². The Morgan fingerprint density at radius 3 is 2.76 bits per heavy atom. The molecule has 1 atom stereocenters. The Bertz CT molecular complexity index is 369. The summed E-state index contributed by atoms with van der Waals surface area (Å²) >= 11 is 0. The molecular formula is C12H18N2O3. The highest BCUT2D eigenvalue weighted by atomic mass is 16.3. The summed E-state index contributed by atoms with van der Waals surface area (Å²) < 4.78 is 0. The van der Waals surface area contributed by atoms with Crippen molar-refractivity contribution in [3.63, 3.8) is 0 Å². The molecule has 0 aliphatic heterocycles. The molecule has 0 saturated heterocycles. The molecule has 94 valence electrons. The molecule has 0 radical (unpaired) electrons. The summed E-state index contributed by atoms with van der Waals surface area (Å²) in [5.41, 5.74) is 1.49. The van der Waals surface area contributed by atoms with Crippen molar-refractivity contribution >= 4 is 17.3 Å². The third kappa shape index (κ3) is 4.84. The average molecular weight is 238 g/mol. The summed E-state index contributed by atoms with van der Waals surface area (Å²) in [6.45, 7) is 1.77. The molecular weight excluding hydrogens is 220 g/mol. The molecule has 1 rings (SSSR count). The number of hydrogen-bond donors (Lipinski definition) is 4. The van der Waals surface area contributed by atoms with E-state index in [1.807, 2.05) is 6.07 Å². The van der Waals surface area contributed by atoms with E-state index in [0.29, 0.717) is 12.1 Å². The van der Waals surface area contributed by atoms with E-state index >= 15 is 0 Å². The molecule has 1 unspecified atom stereocenters. The minimum Gasteiger partial charge on any atom is -0.394 e. The number of benzene rings is 1. The van der Waals surface area contributed by atoms with Gasteiger partial charge in [-0.2, -0.15) is 0 Å². The first-order valence-electron chi connectivity index (χ1n) is 5.58. The van der Waals surface area contributed by atoms with Crippen molar-refractivity contribution in [3.8, 4) is 0 Å². The highest BCUT2D eigenvalue weighted by Crippen LogP contribution is 2.15. The molecule has 1 amide bonds. The number of amides is 1. The van der Waals surface area contributed by atoms with Crippen LogP contribution in [0.3, 0.4) is 0 Å². The van der Waals surface area contributed by atoms with Crippen molar-refractivity contribution < 1.29 is 15.0 Å². The molecule has 0 fully saturated rings. The average Bonchev–Trinajstić information content (AvgIpc) is 2.36. The van der Waals surface area contributed by atoms with Crippen molar-refractivity contribution in [1.29, 1.82) is 0 Å². The molecule has 4 N–H and O–H groups in total. The van der Waals surface area contributed by atoms with E-state index in [-0.39, 0.29) is 19.1 Å². The van der Waals surface area contributed by atoms with Crippen LogP contribution in [-0.4, -0.2) is 35.4 Å². The lowest BCUT2D eigenvalue weighted by atomic mass is 10.2. The lowest BCUT2D eigenvalue weighted by Gasteiger charge is -2.11. The maximum absolute atomic E-state index is 11.2. The fourth-order valence-corrected chi connectivity index (χ4v) is 1.26. The van der Waals surface area contributed by atoms with Gasteiger partial charge in [0.25, 0.3) is 0 Å². The fraction of sp³-hybridized carbons (Fsp3) is 0.417. The van der Waals surface area contributed by atoms with Gasteiger partial charge in [0, 0.05) is 24.3 Å². The zero-order chi connectivity index (χ0) is 12.7. The predicted octanol–water partition coefficient (Wildman–Crippen LogP) is 0.800. The largest absolute Gasteiger partial charge is 0.394 e. The number of aliphatic hydroxyl groups excluding tert-OH is 2. The van der Waals surface area contributed by atoms with Crippen molar-refractivity contribution in [2.45, 2.75) is 19.4 Å². The van der Waals surface area contributed by atoms with E-state index in [1.54, 1.807) is 25.1 Å². The summed E-state index contributed by atoms with van der Waals surface area (Å²) in [4.78, 5) is 11.2. The van der Waals surface area contributed by atoms with Crippen LogP contribution in [0.5, 0.6) is 0 Å². The number of aliphatic hydroxyl groups is 2. The molecule has 5 nitrogen and oxygen atoms in total. The first kappa shape index (κ1) is 13.5. The van der Waals surface area contributed by atoms with Crippen molar-refractivity contribution in [2.24, 2.45) is 0 Å². The van der Waals surface area contributed by atoms with Crippen LogP contribution in [0, 0.1) is 0 Å². The maximum atomic E-state index is 11.2. The van der Waals surface area contributed by atoms with Gasteiger partial charge >= 0.3 is 0 Å². The molecule has 0 saturated carbocycles. The van der Waals surface area contributed by atoms with Crippen LogP contribution >= 0.6 is 0 Å².